The van der Waals surface area contributed by atoms with E-state index in [1.165, 1.54) is 24.3 Å². The third-order valence-electron chi connectivity index (χ3n) is 3.07. The fraction of sp³-hybridized carbons (Fsp3) is 0.467. The highest BCUT2D eigenvalue weighted by Crippen LogP contribution is 2.24. The number of hydrogen-bond donors (Lipinski definition) is 5. The maximum atomic E-state index is 12.0. The lowest BCUT2D eigenvalue weighted by Gasteiger charge is -2.12. The van der Waals surface area contributed by atoms with Gasteiger partial charge < -0.3 is 14.8 Å². The first-order valence-electron chi connectivity index (χ1n) is 7.89. The number of nitrogens with one attached hydrogen (secondary N) is 5. The zero-order valence-electron chi connectivity index (χ0n) is 14.2. The van der Waals surface area contributed by atoms with Crippen molar-refractivity contribution in [2.45, 2.75) is 31.7 Å². The van der Waals surface area contributed by atoms with Gasteiger partial charge in [-0.1, -0.05) is 0 Å². The van der Waals surface area contributed by atoms with Gasteiger partial charge in [0.1, 0.15) is 11.5 Å². The van der Waals surface area contributed by atoms with E-state index in [9.17, 15) is 13.2 Å². The Morgan fingerprint density at radius 2 is 1.67 bits per heavy atom. The lowest BCUT2D eigenvalue weighted by molar-refractivity contribution is -0.274. The van der Waals surface area contributed by atoms with Gasteiger partial charge in [0, 0.05) is 12.5 Å². The summed E-state index contributed by atoms with van der Waals surface area (Å²) < 4.78 is 45.2. The number of benzene rings is 1. The molecule has 152 valence electrons. The van der Waals surface area contributed by atoms with Crippen molar-refractivity contribution in [3.63, 3.8) is 0 Å². The van der Waals surface area contributed by atoms with Crippen LogP contribution in [0.3, 0.4) is 0 Å². The van der Waals surface area contributed by atoms with Gasteiger partial charge in [-0.3, -0.25) is 21.0 Å². The summed E-state index contributed by atoms with van der Waals surface area (Å²) in [6.07, 6.45) is -2.18. The highest BCUT2D eigenvalue weighted by molar-refractivity contribution is 5.95. The van der Waals surface area contributed by atoms with Crippen LogP contribution in [0.2, 0.25) is 0 Å². The lowest BCUT2D eigenvalue weighted by atomic mass is 10.3. The molecular formula is C15H21ClF3N5O3. The molecule has 27 heavy (non-hydrogen) atoms. The smallest absolute Gasteiger partial charge is 0.494 e. The van der Waals surface area contributed by atoms with Crippen LogP contribution in [0.5, 0.6) is 11.5 Å². The molecule has 12 heteroatoms. The van der Waals surface area contributed by atoms with Crippen molar-refractivity contribution in [3.8, 4) is 11.5 Å². The minimum absolute atomic E-state index is 0. The van der Waals surface area contributed by atoms with Gasteiger partial charge in [-0.15, -0.1) is 25.6 Å². The summed E-state index contributed by atoms with van der Waals surface area (Å²) in [4.78, 5) is 5.04. The van der Waals surface area contributed by atoms with Crippen LogP contribution in [0.15, 0.2) is 24.3 Å². The number of rotatable bonds is 8. The molecule has 1 fully saturated rings. The first-order chi connectivity index (χ1) is 12.3. The maximum Gasteiger partial charge on any atom is 0.573 e. The zero-order chi connectivity index (χ0) is 19.0. The Balaban J connectivity index is 0.00000364. The summed E-state index contributed by atoms with van der Waals surface area (Å²) in [7, 11) is 0. The minimum atomic E-state index is -4.72. The Labute approximate surface area is 160 Å². The average molecular weight is 412 g/mol. The van der Waals surface area contributed by atoms with Crippen LogP contribution in [0, 0.1) is 10.8 Å². The monoisotopic (exact) mass is 411 g/mol. The molecule has 0 heterocycles. The predicted octanol–water partition coefficient (Wildman–Crippen LogP) is 2.51. The number of halogens is 4. The van der Waals surface area contributed by atoms with Crippen molar-refractivity contribution in [3.05, 3.63) is 24.3 Å². The SMILES string of the molecule is Cl.N=C(NOCCCOc1ccc(OC(F)(F)F)cc1)NC(=N)NC1CC1. The van der Waals surface area contributed by atoms with Gasteiger partial charge in [0.15, 0.2) is 5.96 Å². The zero-order valence-corrected chi connectivity index (χ0v) is 15.0. The molecule has 1 aliphatic rings. The van der Waals surface area contributed by atoms with Crippen LogP contribution < -0.4 is 25.6 Å². The third kappa shape index (κ3) is 10.4. The highest BCUT2D eigenvalue weighted by Gasteiger charge is 2.30. The van der Waals surface area contributed by atoms with E-state index in [-0.39, 0.29) is 43.3 Å². The van der Waals surface area contributed by atoms with E-state index in [0.29, 0.717) is 18.2 Å². The molecule has 0 aliphatic heterocycles. The molecule has 1 aromatic rings. The minimum Gasteiger partial charge on any atom is -0.494 e. The van der Waals surface area contributed by atoms with E-state index < -0.39 is 6.36 Å². The molecule has 0 unspecified atom stereocenters. The molecule has 0 amide bonds. The molecule has 0 bridgehead atoms. The number of alkyl halides is 3. The molecule has 0 spiro atoms. The largest absolute Gasteiger partial charge is 0.573 e. The van der Waals surface area contributed by atoms with E-state index in [4.69, 9.17) is 20.4 Å². The third-order valence-corrected chi connectivity index (χ3v) is 3.07. The summed E-state index contributed by atoms with van der Waals surface area (Å²) in [6, 6.07) is 5.39. The number of ether oxygens (including phenoxy) is 2. The molecule has 5 N–H and O–H groups in total. The molecular weight excluding hydrogens is 391 g/mol. The normalized spacial score (nSPS) is 13.1. The molecule has 0 atom stereocenters. The van der Waals surface area contributed by atoms with Crippen molar-refractivity contribution in [2.24, 2.45) is 0 Å². The van der Waals surface area contributed by atoms with Crippen LogP contribution in [-0.2, 0) is 4.84 Å². The van der Waals surface area contributed by atoms with Gasteiger partial charge in [-0.25, -0.2) is 5.48 Å². The van der Waals surface area contributed by atoms with E-state index in [2.05, 4.69) is 20.9 Å². The van der Waals surface area contributed by atoms with Crippen molar-refractivity contribution >= 4 is 24.3 Å². The molecule has 1 aromatic carbocycles. The van der Waals surface area contributed by atoms with E-state index in [1.54, 1.807) is 0 Å². The Hall–Kier alpha value is -2.40. The predicted molar refractivity (Wildman–Crippen MR) is 94.3 cm³/mol. The Morgan fingerprint density at radius 1 is 1.04 bits per heavy atom. The topological polar surface area (TPSA) is 111 Å². The summed E-state index contributed by atoms with van der Waals surface area (Å²) in [5, 5.41) is 20.4. The average Bonchev–Trinajstić information content (AvgIpc) is 3.34. The van der Waals surface area contributed by atoms with Crippen LogP contribution >= 0.6 is 12.4 Å². The number of guanidine groups is 2. The quantitative estimate of drug-likeness (QED) is 0.194. The van der Waals surface area contributed by atoms with Crippen molar-refractivity contribution < 1.29 is 27.5 Å². The summed E-state index contributed by atoms with van der Waals surface area (Å²) >= 11 is 0. The van der Waals surface area contributed by atoms with E-state index in [1.807, 2.05) is 0 Å². The van der Waals surface area contributed by atoms with Crippen LogP contribution in [0.4, 0.5) is 13.2 Å². The second-order valence-electron chi connectivity index (χ2n) is 5.47. The molecule has 2 rings (SSSR count). The van der Waals surface area contributed by atoms with Crippen molar-refractivity contribution in [1.29, 1.82) is 10.8 Å². The lowest BCUT2D eigenvalue weighted by Crippen LogP contribution is -2.46. The highest BCUT2D eigenvalue weighted by atomic mass is 35.5. The molecule has 8 nitrogen and oxygen atoms in total. The van der Waals surface area contributed by atoms with E-state index >= 15 is 0 Å². The summed E-state index contributed by atoms with van der Waals surface area (Å²) in [5.41, 5.74) is 2.35. The van der Waals surface area contributed by atoms with Gasteiger partial charge in [0.05, 0.1) is 13.2 Å². The number of hydroxylamine groups is 1. The Kier molecular flexibility index (Phi) is 8.95. The van der Waals surface area contributed by atoms with Crippen molar-refractivity contribution in [2.75, 3.05) is 13.2 Å². The fourth-order valence-electron chi connectivity index (χ4n) is 1.80. The second-order valence-corrected chi connectivity index (χ2v) is 5.47. The van der Waals surface area contributed by atoms with Gasteiger partial charge >= 0.3 is 6.36 Å². The Morgan fingerprint density at radius 3 is 2.26 bits per heavy atom. The molecule has 1 aliphatic carbocycles. The standard InChI is InChI=1S/C15H20F3N5O3.ClH/c16-15(17,18)26-12-6-4-11(5-7-12)24-8-1-9-25-23-14(20)22-13(19)21-10-2-3-10;/h4-7,10H,1-3,8-9H2,(H5,19,20,21,22,23);1H. The van der Waals surface area contributed by atoms with Gasteiger partial charge in [-0.05, 0) is 37.1 Å². The first-order valence-corrected chi connectivity index (χ1v) is 7.89. The molecule has 1 saturated carbocycles. The first kappa shape index (κ1) is 22.6. The summed E-state index contributed by atoms with van der Waals surface area (Å²) in [6.45, 7) is 0.518. The maximum absolute atomic E-state index is 12.0. The molecule has 0 aromatic heterocycles. The van der Waals surface area contributed by atoms with Gasteiger partial charge in [-0.2, -0.15) is 0 Å². The summed E-state index contributed by atoms with van der Waals surface area (Å²) in [5.74, 6) is -0.0363. The van der Waals surface area contributed by atoms with Gasteiger partial charge in [0.2, 0.25) is 5.96 Å². The number of hydrogen-bond acceptors (Lipinski definition) is 5. The van der Waals surface area contributed by atoms with E-state index in [0.717, 1.165) is 12.8 Å². The molecule has 0 saturated heterocycles. The van der Waals surface area contributed by atoms with Crippen LogP contribution in [0.1, 0.15) is 19.3 Å². The van der Waals surface area contributed by atoms with Gasteiger partial charge in [0.25, 0.3) is 0 Å². The van der Waals surface area contributed by atoms with Crippen LogP contribution in [-0.4, -0.2) is 37.5 Å². The molecule has 0 radical (unpaired) electrons. The second kappa shape index (κ2) is 10.7. The van der Waals surface area contributed by atoms with Crippen molar-refractivity contribution in [1.82, 2.24) is 16.1 Å². The Bertz CT molecular complexity index is 612. The fourth-order valence-corrected chi connectivity index (χ4v) is 1.80. The van der Waals surface area contributed by atoms with Crippen LogP contribution in [0.25, 0.3) is 0 Å².